The first kappa shape index (κ1) is 18.9. The number of anilines is 1. The van der Waals surface area contributed by atoms with Crippen molar-refractivity contribution in [2.24, 2.45) is 0 Å². The molecule has 2 aromatic carbocycles. The molecule has 2 N–H and O–H groups in total. The van der Waals surface area contributed by atoms with E-state index in [-0.39, 0.29) is 24.7 Å². The molecule has 0 saturated carbocycles. The van der Waals surface area contributed by atoms with E-state index in [1.807, 2.05) is 25.1 Å². The molecule has 0 radical (unpaired) electrons. The molecule has 3 amide bonds. The van der Waals surface area contributed by atoms with Crippen molar-refractivity contribution in [1.29, 1.82) is 0 Å². The van der Waals surface area contributed by atoms with Gasteiger partial charge in [-0.15, -0.1) is 0 Å². The van der Waals surface area contributed by atoms with Crippen molar-refractivity contribution in [2.45, 2.75) is 13.5 Å². The number of carbonyl (C=O) groups excluding carboxylic acids is 2. The highest BCUT2D eigenvalue weighted by Crippen LogP contribution is 2.19. The fourth-order valence-corrected chi connectivity index (χ4v) is 2.36. The van der Waals surface area contributed by atoms with Crippen LogP contribution in [0.2, 0.25) is 0 Å². The normalized spacial score (nSPS) is 10.1. The van der Waals surface area contributed by atoms with E-state index < -0.39 is 11.0 Å². The molecule has 0 aromatic heterocycles. The van der Waals surface area contributed by atoms with Gasteiger partial charge in [0, 0.05) is 24.4 Å². The molecule has 2 aromatic rings. The van der Waals surface area contributed by atoms with Crippen LogP contribution in [0.15, 0.2) is 48.5 Å². The summed E-state index contributed by atoms with van der Waals surface area (Å²) in [5.74, 6) is -0.359. The highest BCUT2D eigenvalue weighted by atomic mass is 16.6. The van der Waals surface area contributed by atoms with E-state index in [2.05, 4.69) is 10.6 Å². The number of nitrogens with one attached hydrogen (secondary N) is 2. The number of aryl methyl sites for hydroxylation is 1. The van der Waals surface area contributed by atoms with Gasteiger partial charge in [0.2, 0.25) is 5.91 Å². The third-order valence-electron chi connectivity index (χ3n) is 3.70. The Labute approximate surface area is 151 Å². The average Bonchev–Trinajstić information content (AvgIpc) is 2.60. The van der Waals surface area contributed by atoms with Gasteiger partial charge in [-0.2, -0.15) is 0 Å². The second-order valence-electron chi connectivity index (χ2n) is 5.81. The summed E-state index contributed by atoms with van der Waals surface area (Å²) in [6, 6.07) is 13.0. The molecular weight excluding hydrogens is 336 g/mol. The monoisotopic (exact) mass is 356 g/mol. The van der Waals surface area contributed by atoms with Crippen LogP contribution in [-0.2, 0) is 11.3 Å². The maximum absolute atomic E-state index is 12.2. The van der Waals surface area contributed by atoms with Gasteiger partial charge in [-0.05, 0) is 24.6 Å². The number of benzene rings is 2. The molecule has 8 heteroatoms. The molecule has 2 rings (SSSR count). The molecule has 0 saturated heterocycles. The molecule has 26 heavy (non-hydrogen) atoms. The highest BCUT2D eigenvalue weighted by molar-refractivity contribution is 5.92. The number of nitro groups is 1. The lowest BCUT2D eigenvalue weighted by Crippen LogP contribution is -2.39. The van der Waals surface area contributed by atoms with E-state index in [1.54, 1.807) is 24.3 Å². The SMILES string of the molecule is Cc1cccc(NC(=O)NCC(=O)N(C)Cc2ccccc2[N+](=O)[O-])c1. The fourth-order valence-electron chi connectivity index (χ4n) is 2.36. The molecule has 136 valence electrons. The summed E-state index contributed by atoms with van der Waals surface area (Å²) in [6.45, 7) is 1.77. The predicted molar refractivity (Wildman–Crippen MR) is 97.8 cm³/mol. The van der Waals surface area contributed by atoms with E-state index in [0.717, 1.165) is 5.56 Å². The zero-order valence-electron chi connectivity index (χ0n) is 14.6. The molecule has 0 heterocycles. The largest absolute Gasteiger partial charge is 0.340 e. The highest BCUT2D eigenvalue weighted by Gasteiger charge is 2.17. The van der Waals surface area contributed by atoms with Crippen LogP contribution in [0.25, 0.3) is 0 Å². The molecule has 0 atom stereocenters. The second kappa shape index (κ2) is 8.61. The summed E-state index contributed by atoms with van der Waals surface area (Å²) in [5.41, 5.74) is 2.01. The van der Waals surface area contributed by atoms with Crippen LogP contribution < -0.4 is 10.6 Å². The van der Waals surface area contributed by atoms with Crippen LogP contribution in [0.1, 0.15) is 11.1 Å². The zero-order chi connectivity index (χ0) is 19.1. The van der Waals surface area contributed by atoms with Gasteiger partial charge >= 0.3 is 6.03 Å². The summed E-state index contributed by atoms with van der Waals surface area (Å²) in [4.78, 5) is 35.9. The lowest BCUT2D eigenvalue weighted by Gasteiger charge is -2.17. The van der Waals surface area contributed by atoms with Crippen LogP contribution in [0.5, 0.6) is 0 Å². The Bertz CT molecular complexity index is 822. The smallest absolute Gasteiger partial charge is 0.319 e. The van der Waals surface area contributed by atoms with Gasteiger partial charge in [-0.3, -0.25) is 14.9 Å². The van der Waals surface area contributed by atoms with Crippen molar-refractivity contribution in [3.05, 3.63) is 69.8 Å². The number of nitro benzene ring substituents is 1. The molecule has 0 unspecified atom stereocenters. The predicted octanol–water partition coefficient (Wildman–Crippen LogP) is 2.68. The Kier molecular flexibility index (Phi) is 6.26. The molecule has 0 fully saturated rings. The zero-order valence-corrected chi connectivity index (χ0v) is 14.6. The fraction of sp³-hybridized carbons (Fsp3) is 0.222. The topological polar surface area (TPSA) is 105 Å². The van der Waals surface area contributed by atoms with Gasteiger partial charge in [0.15, 0.2) is 0 Å². The lowest BCUT2D eigenvalue weighted by atomic mass is 10.1. The van der Waals surface area contributed by atoms with Crippen LogP contribution >= 0.6 is 0 Å². The number of hydrogen-bond acceptors (Lipinski definition) is 4. The van der Waals surface area contributed by atoms with Crippen molar-refractivity contribution in [3.63, 3.8) is 0 Å². The van der Waals surface area contributed by atoms with Crippen molar-refractivity contribution in [3.8, 4) is 0 Å². The van der Waals surface area contributed by atoms with E-state index in [4.69, 9.17) is 0 Å². The number of hydrogen-bond donors (Lipinski definition) is 2. The third-order valence-corrected chi connectivity index (χ3v) is 3.70. The van der Waals surface area contributed by atoms with Gasteiger partial charge in [0.1, 0.15) is 0 Å². The molecule has 0 aliphatic rings. The van der Waals surface area contributed by atoms with Crippen LogP contribution in [0.3, 0.4) is 0 Å². The quantitative estimate of drug-likeness (QED) is 0.613. The summed E-state index contributed by atoms with van der Waals surface area (Å²) in [7, 11) is 1.53. The molecule has 0 aliphatic heterocycles. The van der Waals surface area contributed by atoms with Crippen LogP contribution in [0.4, 0.5) is 16.2 Å². The number of urea groups is 1. The van der Waals surface area contributed by atoms with Crippen molar-refractivity contribution in [1.82, 2.24) is 10.2 Å². The van der Waals surface area contributed by atoms with Crippen LogP contribution in [0, 0.1) is 17.0 Å². The lowest BCUT2D eigenvalue weighted by molar-refractivity contribution is -0.385. The molecule has 0 aliphatic carbocycles. The molecule has 8 nitrogen and oxygen atoms in total. The minimum absolute atomic E-state index is 0.0442. The Balaban J connectivity index is 1.87. The van der Waals surface area contributed by atoms with Crippen molar-refractivity contribution < 1.29 is 14.5 Å². The Morgan fingerprint density at radius 2 is 1.88 bits per heavy atom. The minimum atomic E-state index is -0.497. The minimum Gasteiger partial charge on any atom is -0.340 e. The summed E-state index contributed by atoms with van der Waals surface area (Å²) >= 11 is 0. The summed E-state index contributed by atoms with van der Waals surface area (Å²) in [5, 5.41) is 16.1. The number of likely N-dealkylation sites (N-methyl/N-ethyl adjacent to an activating group) is 1. The Hall–Kier alpha value is -3.42. The first-order chi connectivity index (χ1) is 12.4. The van der Waals surface area contributed by atoms with Gasteiger partial charge < -0.3 is 15.5 Å². The Morgan fingerprint density at radius 3 is 2.58 bits per heavy atom. The van der Waals surface area contributed by atoms with E-state index in [9.17, 15) is 19.7 Å². The maximum Gasteiger partial charge on any atom is 0.319 e. The summed E-state index contributed by atoms with van der Waals surface area (Å²) < 4.78 is 0. The van der Waals surface area contributed by atoms with Crippen molar-refractivity contribution >= 4 is 23.3 Å². The number of carbonyl (C=O) groups is 2. The molecule has 0 bridgehead atoms. The van der Waals surface area contributed by atoms with Gasteiger partial charge in [-0.1, -0.05) is 30.3 Å². The number of rotatable bonds is 6. The van der Waals surface area contributed by atoms with E-state index >= 15 is 0 Å². The first-order valence-electron chi connectivity index (χ1n) is 7.94. The first-order valence-corrected chi connectivity index (χ1v) is 7.94. The number of amides is 3. The maximum atomic E-state index is 12.2. The van der Waals surface area contributed by atoms with Gasteiger partial charge in [0.05, 0.1) is 18.0 Å². The average molecular weight is 356 g/mol. The Morgan fingerprint density at radius 1 is 1.15 bits per heavy atom. The third kappa shape index (κ3) is 5.30. The number of nitrogens with zero attached hydrogens (tertiary/aromatic N) is 2. The second-order valence-corrected chi connectivity index (χ2v) is 5.81. The molecular formula is C18H20N4O4. The number of para-hydroxylation sites is 1. The van der Waals surface area contributed by atoms with E-state index in [1.165, 1.54) is 18.0 Å². The van der Waals surface area contributed by atoms with Gasteiger partial charge in [0.25, 0.3) is 5.69 Å². The molecule has 0 spiro atoms. The van der Waals surface area contributed by atoms with Crippen LogP contribution in [-0.4, -0.2) is 35.4 Å². The summed E-state index contributed by atoms with van der Waals surface area (Å²) in [6.07, 6.45) is 0. The van der Waals surface area contributed by atoms with Crippen molar-refractivity contribution in [2.75, 3.05) is 18.9 Å². The standard InChI is InChI=1S/C18H20N4O4/c1-13-6-5-8-15(10-13)20-18(24)19-11-17(23)21(2)12-14-7-3-4-9-16(14)22(25)26/h3-10H,11-12H2,1-2H3,(H2,19,20,24). The van der Waals surface area contributed by atoms with Gasteiger partial charge in [-0.25, -0.2) is 4.79 Å². The van der Waals surface area contributed by atoms with E-state index in [0.29, 0.717) is 11.3 Å².